The number of quaternary nitrogens is 1. The molecular formula is C19H26N3O3+. The topological polar surface area (TPSA) is 56.0 Å². The maximum atomic E-state index is 12.9. The number of hydrogen-bond acceptors (Lipinski definition) is 3. The molecule has 0 aliphatic carbocycles. The van der Waals surface area contributed by atoms with E-state index >= 15 is 0 Å². The summed E-state index contributed by atoms with van der Waals surface area (Å²) in [5, 5.41) is 1.13. The van der Waals surface area contributed by atoms with Gasteiger partial charge in [-0.2, -0.15) is 0 Å². The van der Waals surface area contributed by atoms with E-state index in [4.69, 9.17) is 4.74 Å². The van der Waals surface area contributed by atoms with Crippen LogP contribution in [0.4, 0.5) is 4.79 Å². The van der Waals surface area contributed by atoms with E-state index in [1.807, 2.05) is 36.6 Å². The molecule has 25 heavy (non-hydrogen) atoms. The van der Waals surface area contributed by atoms with Crippen molar-refractivity contribution in [1.29, 1.82) is 0 Å². The van der Waals surface area contributed by atoms with Gasteiger partial charge in [-0.15, -0.1) is 0 Å². The van der Waals surface area contributed by atoms with E-state index in [9.17, 15) is 9.59 Å². The molecule has 2 aromatic rings. The molecule has 0 saturated carbocycles. The van der Waals surface area contributed by atoms with Gasteiger partial charge in [0, 0.05) is 11.1 Å². The van der Waals surface area contributed by atoms with Gasteiger partial charge in [-0.25, -0.2) is 4.79 Å². The first kappa shape index (κ1) is 17.5. The lowest BCUT2D eigenvalue weighted by molar-refractivity contribution is -0.895. The van der Waals surface area contributed by atoms with Crippen molar-refractivity contribution in [1.82, 2.24) is 9.47 Å². The second-order valence-electron chi connectivity index (χ2n) is 6.57. The minimum atomic E-state index is -0.254. The summed E-state index contributed by atoms with van der Waals surface area (Å²) in [6.45, 7) is 9.50. The summed E-state index contributed by atoms with van der Waals surface area (Å²) >= 11 is 0. The number of rotatable bonds is 3. The standard InChI is InChI=1S/C19H25N3O3/c1-4-25-19(24)21-11-9-20(10-12-21)13-18(23)22-15(3)14(2)16-7-5-6-8-17(16)22/h5-8H,4,9-13H2,1-3H3/p+1. The average molecular weight is 344 g/mol. The molecule has 6 nitrogen and oxygen atoms in total. The van der Waals surface area contributed by atoms with Gasteiger partial charge in [-0.1, -0.05) is 18.2 Å². The lowest BCUT2D eigenvalue weighted by Crippen LogP contribution is -3.15. The molecule has 0 spiro atoms. The van der Waals surface area contributed by atoms with Crippen molar-refractivity contribution in [3.63, 3.8) is 0 Å². The Kier molecular flexibility index (Phi) is 5.08. The SMILES string of the molecule is CCOC(=O)N1CC[NH+](CC(=O)n2c(C)c(C)c3ccccc32)CC1. The third-order valence-electron chi connectivity index (χ3n) is 5.07. The normalized spacial score (nSPS) is 15.6. The van der Waals surface area contributed by atoms with Crippen molar-refractivity contribution in [2.45, 2.75) is 20.8 Å². The van der Waals surface area contributed by atoms with Crippen molar-refractivity contribution in [2.24, 2.45) is 0 Å². The van der Waals surface area contributed by atoms with Crippen molar-refractivity contribution in [3.8, 4) is 0 Å². The Hall–Kier alpha value is -2.34. The molecule has 1 fully saturated rings. The number of nitrogens with zero attached hydrogens (tertiary/aromatic N) is 2. The molecule has 0 unspecified atom stereocenters. The number of nitrogens with one attached hydrogen (secondary N) is 1. The van der Waals surface area contributed by atoms with Gasteiger partial charge in [-0.3, -0.25) is 14.3 Å². The van der Waals surface area contributed by atoms with Crippen LogP contribution in [0.25, 0.3) is 10.9 Å². The van der Waals surface area contributed by atoms with Gasteiger partial charge in [0.15, 0.2) is 6.54 Å². The van der Waals surface area contributed by atoms with E-state index in [1.54, 1.807) is 4.90 Å². The molecule has 1 aliphatic rings. The quantitative estimate of drug-likeness (QED) is 0.912. The van der Waals surface area contributed by atoms with Crippen LogP contribution in [0.3, 0.4) is 0 Å². The van der Waals surface area contributed by atoms with Crippen LogP contribution in [0.15, 0.2) is 24.3 Å². The molecule has 1 amide bonds. The number of ether oxygens (including phenoxy) is 1. The number of fused-ring (bicyclic) bond motifs is 1. The van der Waals surface area contributed by atoms with E-state index < -0.39 is 0 Å². The van der Waals surface area contributed by atoms with Gasteiger partial charge in [0.1, 0.15) is 0 Å². The Morgan fingerprint density at radius 2 is 1.84 bits per heavy atom. The number of hydrogen-bond donors (Lipinski definition) is 1. The van der Waals surface area contributed by atoms with Crippen LogP contribution in [-0.4, -0.2) is 60.8 Å². The fraction of sp³-hybridized carbons (Fsp3) is 0.474. The second kappa shape index (κ2) is 7.27. The molecule has 2 heterocycles. The third kappa shape index (κ3) is 3.39. The van der Waals surface area contributed by atoms with Crippen molar-refractivity contribution < 1.29 is 19.2 Å². The molecule has 1 aromatic carbocycles. The highest BCUT2D eigenvalue weighted by atomic mass is 16.6. The fourth-order valence-corrected chi connectivity index (χ4v) is 3.54. The van der Waals surface area contributed by atoms with Gasteiger partial charge < -0.3 is 9.64 Å². The number of amides is 1. The molecular weight excluding hydrogens is 318 g/mol. The number of carbonyl (C=O) groups is 2. The number of piperazine rings is 1. The minimum absolute atomic E-state index is 0.112. The summed E-state index contributed by atoms with van der Waals surface area (Å²) in [5.74, 6) is 0.112. The molecule has 0 atom stereocenters. The van der Waals surface area contributed by atoms with Gasteiger partial charge in [0.2, 0.25) is 0 Å². The molecule has 0 bridgehead atoms. The molecule has 3 rings (SSSR count). The summed E-state index contributed by atoms with van der Waals surface area (Å²) in [7, 11) is 0. The maximum Gasteiger partial charge on any atom is 0.410 e. The van der Waals surface area contributed by atoms with E-state index in [0.717, 1.165) is 35.2 Å². The number of aryl methyl sites for hydroxylation is 1. The Labute approximate surface area is 147 Å². The summed E-state index contributed by atoms with van der Waals surface area (Å²) in [5.41, 5.74) is 3.15. The van der Waals surface area contributed by atoms with Gasteiger partial charge >= 0.3 is 6.09 Å². The highest BCUT2D eigenvalue weighted by Gasteiger charge is 2.27. The van der Waals surface area contributed by atoms with Gasteiger partial charge in [0.25, 0.3) is 5.91 Å². The molecule has 1 aromatic heterocycles. The number of aromatic nitrogens is 1. The number of para-hydroxylation sites is 1. The predicted octanol–water partition coefficient (Wildman–Crippen LogP) is 1.26. The van der Waals surface area contributed by atoms with Gasteiger partial charge in [0.05, 0.1) is 38.3 Å². The minimum Gasteiger partial charge on any atom is -0.450 e. The largest absolute Gasteiger partial charge is 0.450 e. The summed E-state index contributed by atoms with van der Waals surface area (Å²) in [4.78, 5) is 27.6. The fourth-order valence-electron chi connectivity index (χ4n) is 3.54. The zero-order valence-electron chi connectivity index (χ0n) is 15.2. The van der Waals surface area contributed by atoms with Crippen molar-refractivity contribution >= 4 is 22.9 Å². The highest BCUT2D eigenvalue weighted by molar-refractivity contribution is 5.96. The second-order valence-corrected chi connectivity index (χ2v) is 6.57. The van der Waals surface area contributed by atoms with E-state index in [1.165, 1.54) is 4.90 Å². The smallest absolute Gasteiger partial charge is 0.410 e. The Balaban J connectivity index is 1.68. The highest BCUT2D eigenvalue weighted by Crippen LogP contribution is 2.24. The van der Waals surface area contributed by atoms with Crippen molar-refractivity contribution in [2.75, 3.05) is 39.3 Å². The van der Waals surface area contributed by atoms with Crippen LogP contribution in [-0.2, 0) is 4.74 Å². The van der Waals surface area contributed by atoms with Crippen molar-refractivity contribution in [3.05, 3.63) is 35.5 Å². The first-order valence-electron chi connectivity index (χ1n) is 8.88. The van der Waals surface area contributed by atoms with E-state index in [-0.39, 0.29) is 12.0 Å². The van der Waals surface area contributed by atoms with Crippen LogP contribution in [0, 0.1) is 13.8 Å². The zero-order chi connectivity index (χ0) is 18.0. The zero-order valence-corrected chi connectivity index (χ0v) is 15.2. The Bertz CT molecular complexity index is 789. The average Bonchev–Trinajstić information content (AvgIpc) is 2.87. The van der Waals surface area contributed by atoms with Crippen LogP contribution < -0.4 is 4.90 Å². The molecule has 1 N–H and O–H groups in total. The summed E-state index contributed by atoms with van der Waals surface area (Å²) in [6, 6.07) is 8.03. The molecule has 0 radical (unpaired) electrons. The van der Waals surface area contributed by atoms with Crippen LogP contribution in [0.2, 0.25) is 0 Å². The number of carbonyl (C=O) groups excluding carboxylic acids is 2. The molecule has 134 valence electrons. The maximum absolute atomic E-state index is 12.9. The molecule has 6 heteroatoms. The van der Waals surface area contributed by atoms with E-state index in [0.29, 0.717) is 26.2 Å². The Morgan fingerprint density at radius 1 is 1.16 bits per heavy atom. The summed E-state index contributed by atoms with van der Waals surface area (Å²) < 4.78 is 6.88. The third-order valence-corrected chi connectivity index (χ3v) is 5.07. The van der Waals surface area contributed by atoms with Crippen LogP contribution >= 0.6 is 0 Å². The van der Waals surface area contributed by atoms with Crippen LogP contribution in [0.1, 0.15) is 23.0 Å². The molecule has 1 aliphatic heterocycles. The Morgan fingerprint density at radius 3 is 2.52 bits per heavy atom. The lowest BCUT2D eigenvalue weighted by atomic mass is 10.2. The first-order chi connectivity index (χ1) is 12.0. The van der Waals surface area contributed by atoms with Gasteiger partial charge in [-0.05, 0) is 32.4 Å². The summed E-state index contributed by atoms with van der Waals surface area (Å²) in [6.07, 6.45) is -0.254. The monoisotopic (exact) mass is 344 g/mol. The predicted molar refractivity (Wildman–Crippen MR) is 96.2 cm³/mol. The molecule has 1 saturated heterocycles. The van der Waals surface area contributed by atoms with E-state index in [2.05, 4.69) is 13.0 Å². The van der Waals surface area contributed by atoms with Crippen LogP contribution in [0.5, 0.6) is 0 Å². The number of benzene rings is 1. The first-order valence-corrected chi connectivity index (χ1v) is 8.88. The lowest BCUT2D eigenvalue weighted by Gasteiger charge is -2.31.